The standard InChI is InChI=1S/C20H21ClN6O5S/c1-3-33(30,31)20(6-7-20)11-32-18-16-12(9-23-26-18)8-14(19(29)27(16)2)17(28)22-10-13-4-5-15(21)25-24-13/h4-5,8-9H,3,6-7,10-11H2,1-2H3,(H,22,28). The largest absolute Gasteiger partial charge is 0.473 e. The molecule has 3 aromatic heterocycles. The second-order valence-corrected chi connectivity index (χ2v) is 10.8. The van der Waals surface area contributed by atoms with Crippen LogP contribution in [0.3, 0.4) is 0 Å². The van der Waals surface area contributed by atoms with Gasteiger partial charge in [-0.2, -0.15) is 10.2 Å². The van der Waals surface area contributed by atoms with Crippen LogP contribution in [-0.2, 0) is 23.4 Å². The quantitative estimate of drug-likeness (QED) is 0.487. The fourth-order valence-electron chi connectivity index (χ4n) is 3.47. The maximum Gasteiger partial charge on any atom is 0.263 e. The number of rotatable bonds is 8. The third-order valence-electron chi connectivity index (χ3n) is 5.67. The summed E-state index contributed by atoms with van der Waals surface area (Å²) >= 11 is 5.70. The van der Waals surface area contributed by atoms with Crippen LogP contribution >= 0.6 is 11.6 Å². The Bertz CT molecular complexity index is 1390. The zero-order valence-corrected chi connectivity index (χ0v) is 19.5. The van der Waals surface area contributed by atoms with Gasteiger partial charge in [0.15, 0.2) is 15.0 Å². The van der Waals surface area contributed by atoms with E-state index in [1.54, 1.807) is 19.1 Å². The Balaban J connectivity index is 1.59. The zero-order valence-electron chi connectivity index (χ0n) is 17.9. The number of aryl methyl sites for hydroxylation is 1. The molecule has 0 bridgehead atoms. The number of ether oxygens (including phenoxy) is 1. The number of carbonyl (C=O) groups excluding carboxylic acids is 1. The lowest BCUT2D eigenvalue weighted by Gasteiger charge is -2.17. The summed E-state index contributed by atoms with van der Waals surface area (Å²) in [7, 11) is -1.81. The Morgan fingerprint density at radius 2 is 2.03 bits per heavy atom. The molecule has 1 amide bonds. The van der Waals surface area contributed by atoms with E-state index < -0.39 is 26.1 Å². The minimum Gasteiger partial charge on any atom is -0.473 e. The van der Waals surface area contributed by atoms with E-state index in [-0.39, 0.29) is 35.5 Å². The van der Waals surface area contributed by atoms with Crippen LogP contribution in [0.1, 0.15) is 35.8 Å². The van der Waals surface area contributed by atoms with Gasteiger partial charge in [0.1, 0.15) is 22.4 Å². The van der Waals surface area contributed by atoms with E-state index in [2.05, 4.69) is 25.7 Å². The van der Waals surface area contributed by atoms with Crippen LogP contribution in [0.5, 0.6) is 5.88 Å². The molecule has 1 saturated carbocycles. The smallest absolute Gasteiger partial charge is 0.263 e. The summed E-state index contributed by atoms with van der Waals surface area (Å²) in [6.07, 6.45) is 2.43. The van der Waals surface area contributed by atoms with Crippen molar-refractivity contribution in [3.63, 3.8) is 0 Å². The fraction of sp³-hybridized carbons (Fsp3) is 0.400. The van der Waals surface area contributed by atoms with E-state index in [1.807, 2.05) is 0 Å². The number of carbonyl (C=O) groups is 1. The molecule has 0 saturated heterocycles. The van der Waals surface area contributed by atoms with Crippen LogP contribution < -0.4 is 15.6 Å². The van der Waals surface area contributed by atoms with E-state index in [0.29, 0.717) is 29.4 Å². The maximum atomic E-state index is 12.9. The van der Waals surface area contributed by atoms with E-state index in [1.165, 1.54) is 23.9 Å². The molecule has 0 radical (unpaired) electrons. The molecule has 1 N–H and O–H groups in total. The Morgan fingerprint density at radius 1 is 1.27 bits per heavy atom. The first-order valence-electron chi connectivity index (χ1n) is 10.1. The third-order valence-corrected chi connectivity index (χ3v) is 8.48. The predicted octanol–water partition coefficient (Wildman–Crippen LogP) is 1.05. The molecule has 0 spiro atoms. The molecule has 13 heteroatoms. The van der Waals surface area contributed by atoms with Crippen LogP contribution in [0.15, 0.2) is 29.2 Å². The highest BCUT2D eigenvalue weighted by Crippen LogP contribution is 2.44. The summed E-state index contributed by atoms with van der Waals surface area (Å²) in [6.45, 7) is 1.58. The highest BCUT2D eigenvalue weighted by Gasteiger charge is 2.54. The number of nitrogens with zero attached hydrogens (tertiary/aromatic N) is 5. The second kappa shape index (κ2) is 8.67. The molecule has 0 aliphatic heterocycles. The Kier molecular flexibility index (Phi) is 6.06. The molecular weight excluding hydrogens is 472 g/mol. The lowest BCUT2D eigenvalue weighted by Crippen LogP contribution is -2.33. The van der Waals surface area contributed by atoms with Gasteiger partial charge in [0.05, 0.1) is 18.4 Å². The molecule has 0 unspecified atom stereocenters. The van der Waals surface area contributed by atoms with Crippen LogP contribution in [0.2, 0.25) is 5.15 Å². The van der Waals surface area contributed by atoms with E-state index >= 15 is 0 Å². The number of fused-ring (bicyclic) bond motifs is 1. The predicted molar refractivity (Wildman–Crippen MR) is 120 cm³/mol. The monoisotopic (exact) mass is 492 g/mol. The average Bonchev–Trinajstić information content (AvgIpc) is 3.61. The van der Waals surface area contributed by atoms with Crippen molar-refractivity contribution in [2.75, 3.05) is 12.4 Å². The van der Waals surface area contributed by atoms with Gasteiger partial charge < -0.3 is 14.6 Å². The Labute approximate surface area is 194 Å². The van der Waals surface area contributed by atoms with Gasteiger partial charge in [-0.05, 0) is 31.0 Å². The lowest BCUT2D eigenvalue weighted by atomic mass is 10.2. The Hall–Kier alpha value is -3.12. The summed E-state index contributed by atoms with van der Waals surface area (Å²) in [5.74, 6) is -0.538. The summed E-state index contributed by atoms with van der Waals surface area (Å²) in [4.78, 5) is 25.6. The first-order valence-corrected chi connectivity index (χ1v) is 12.2. The van der Waals surface area contributed by atoms with Crippen molar-refractivity contribution in [1.82, 2.24) is 30.3 Å². The SMILES string of the molecule is CCS(=O)(=O)C1(COc2nncc3cc(C(=O)NCc4ccc(Cl)nn4)c(=O)n(C)c23)CC1. The highest BCUT2D eigenvalue weighted by atomic mass is 35.5. The van der Waals surface area contributed by atoms with Crippen LogP contribution in [0, 0.1) is 0 Å². The molecule has 0 aromatic carbocycles. The summed E-state index contributed by atoms with van der Waals surface area (Å²) in [6, 6.07) is 4.55. The van der Waals surface area contributed by atoms with Gasteiger partial charge in [0, 0.05) is 18.2 Å². The van der Waals surface area contributed by atoms with E-state index in [4.69, 9.17) is 16.3 Å². The summed E-state index contributed by atoms with van der Waals surface area (Å²) < 4.78 is 30.8. The lowest BCUT2D eigenvalue weighted by molar-refractivity contribution is 0.0948. The number of hydrogen-bond acceptors (Lipinski definition) is 9. The number of pyridine rings is 1. The molecule has 1 aliphatic rings. The number of aromatic nitrogens is 5. The molecule has 1 fully saturated rings. The number of halogens is 1. The van der Waals surface area contributed by atoms with E-state index in [0.717, 1.165) is 0 Å². The van der Waals surface area contributed by atoms with Crippen molar-refractivity contribution < 1.29 is 17.9 Å². The minimum absolute atomic E-state index is 0.0239. The van der Waals surface area contributed by atoms with Gasteiger partial charge in [-0.15, -0.1) is 10.2 Å². The molecule has 4 rings (SSSR count). The molecule has 174 valence electrons. The Morgan fingerprint density at radius 3 is 2.67 bits per heavy atom. The van der Waals surface area contributed by atoms with Crippen molar-refractivity contribution in [3.8, 4) is 5.88 Å². The molecule has 3 aromatic rings. The van der Waals surface area contributed by atoms with Gasteiger partial charge in [-0.1, -0.05) is 18.5 Å². The van der Waals surface area contributed by atoms with Crippen molar-refractivity contribution in [1.29, 1.82) is 0 Å². The maximum absolute atomic E-state index is 12.9. The molecular formula is C20H21ClN6O5S. The fourth-order valence-corrected chi connectivity index (χ4v) is 5.15. The van der Waals surface area contributed by atoms with Crippen molar-refractivity contribution >= 4 is 38.2 Å². The van der Waals surface area contributed by atoms with Gasteiger partial charge in [0.25, 0.3) is 17.3 Å². The number of sulfone groups is 1. The molecule has 3 heterocycles. The molecule has 1 aliphatic carbocycles. The van der Waals surface area contributed by atoms with Crippen molar-refractivity contribution in [2.45, 2.75) is 31.1 Å². The zero-order chi connectivity index (χ0) is 23.8. The normalized spacial score (nSPS) is 14.8. The van der Waals surface area contributed by atoms with Crippen LogP contribution in [0.4, 0.5) is 0 Å². The number of amides is 1. The van der Waals surface area contributed by atoms with Gasteiger partial charge in [-0.25, -0.2) is 8.42 Å². The minimum atomic E-state index is -3.29. The van der Waals surface area contributed by atoms with Crippen LogP contribution in [-0.4, -0.2) is 56.4 Å². The first-order chi connectivity index (χ1) is 15.7. The van der Waals surface area contributed by atoms with Gasteiger partial charge >= 0.3 is 0 Å². The summed E-state index contributed by atoms with van der Waals surface area (Å²) in [5.41, 5.74) is 0.128. The van der Waals surface area contributed by atoms with Crippen molar-refractivity contribution in [2.24, 2.45) is 7.05 Å². The number of hydrogen-bond donors (Lipinski definition) is 1. The molecule has 33 heavy (non-hydrogen) atoms. The summed E-state index contributed by atoms with van der Waals surface area (Å²) in [5, 5.41) is 18.7. The third kappa shape index (κ3) is 4.40. The first kappa shape index (κ1) is 23.1. The van der Waals surface area contributed by atoms with Gasteiger partial charge in [-0.3, -0.25) is 9.59 Å². The van der Waals surface area contributed by atoms with Crippen molar-refractivity contribution in [3.05, 3.63) is 51.2 Å². The van der Waals surface area contributed by atoms with E-state index in [9.17, 15) is 18.0 Å². The second-order valence-electron chi connectivity index (χ2n) is 7.78. The molecule has 11 nitrogen and oxygen atoms in total. The average molecular weight is 493 g/mol. The van der Waals surface area contributed by atoms with Crippen LogP contribution in [0.25, 0.3) is 10.9 Å². The topological polar surface area (TPSA) is 146 Å². The number of nitrogens with one attached hydrogen (secondary N) is 1. The highest BCUT2D eigenvalue weighted by molar-refractivity contribution is 7.93. The van der Waals surface area contributed by atoms with Gasteiger partial charge in [0.2, 0.25) is 0 Å². The molecule has 0 atom stereocenters.